The fourth-order valence-corrected chi connectivity index (χ4v) is 1.04. The van der Waals surface area contributed by atoms with Crippen molar-refractivity contribution in [1.82, 2.24) is 9.97 Å². The zero-order chi connectivity index (χ0) is 9.10. The monoisotopic (exact) mass is 177 g/mol. The third-order valence-electron chi connectivity index (χ3n) is 1.58. The van der Waals surface area contributed by atoms with Crippen LogP contribution in [0.1, 0.15) is 0 Å². The Morgan fingerprint density at radius 2 is 2.31 bits per heavy atom. The maximum absolute atomic E-state index is 12.7. The highest BCUT2D eigenvalue weighted by molar-refractivity contribution is 5.54. The number of nitrogens with zero attached hydrogens (tertiary/aromatic N) is 1. The van der Waals surface area contributed by atoms with Crippen molar-refractivity contribution in [3.63, 3.8) is 0 Å². The normalized spacial score (nSPS) is 9.92. The summed E-state index contributed by atoms with van der Waals surface area (Å²) in [5, 5.41) is 2.97. The van der Waals surface area contributed by atoms with E-state index in [1.54, 1.807) is 12.4 Å². The Morgan fingerprint density at radius 3 is 3.00 bits per heavy atom. The van der Waals surface area contributed by atoms with Crippen molar-refractivity contribution in [2.75, 3.05) is 5.32 Å². The first-order valence-electron chi connectivity index (χ1n) is 3.85. The summed E-state index contributed by atoms with van der Waals surface area (Å²) in [6, 6.07) is 5.09. The Hall–Kier alpha value is -1.84. The number of hydrogen-bond acceptors (Lipinski definition) is 2. The summed E-state index contributed by atoms with van der Waals surface area (Å²) in [7, 11) is 0. The smallest absolute Gasteiger partial charge is 0.143 e. The highest BCUT2D eigenvalue weighted by Gasteiger charge is 1.96. The number of H-pyrrole nitrogens is 1. The van der Waals surface area contributed by atoms with Crippen LogP contribution in [0.4, 0.5) is 15.9 Å². The summed E-state index contributed by atoms with van der Waals surface area (Å²) < 4.78 is 12.7. The Labute approximate surface area is 74.6 Å². The van der Waals surface area contributed by atoms with Gasteiger partial charge in [0.1, 0.15) is 11.6 Å². The molecular weight excluding hydrogens is 169 g/mol. The first kappa shape index (κ1) is 7.79. The molecule has 4 heteroatoms. The SMILES string of the molecule is Fc1cncc(Nc2ccc[nH]2)c1. The largest absolute Gasteiger partial charge is 0.348 e. The lowest BCUT2D eigenvalue weighted by molar-refractivity contribution is 0.622. The van der Waals surface area contributed by atoms with Gasteiger partial charge in [-0.1, -0.05) is 0 Å². The van der Waals surface area contributed by atoms with Gasteiger partial charge in [-0.05, 0) is 12.1 Å². The van der Waals surface area contributed by atoms with Gasteiger partial charge in [0, 0.05) is 12.3 Å². The van der Waals surface area contributed by atoms with E-state index in [2.05, 4.69) is 15.3 Å². The van der Waals surface area contributed by atoms with Crippen LogP contribution in [0.3, 0.4) is 0 Å². The lowest BCUT2D eigenvalue weighted by Gasteiger charge is -2.01. The van der Waals surface area contributed by atoms with Crippen molar-refractivity contribution < 1.29 is 4.39 Å². The zero-order valence-electron chi connectivity index (χ0n) is 6.79. The molecule has 66 valence electrons. The van der Waals surface area contributed by atoms with Crippen LogP contribution in [0.15, 0.2) is 36.8 Å². The molecule has 0 fully saturated rings. The van der Waals surface area contributed by atoms with Gasteiger partial charge in [-0.3, -0.25) is 4.98 Å². The standard InChI is InChI=1S/C9H8FN3/c10-7-4-8(6-11-5-7)13-9-2-1-3-12-9/h1-6,12-13H. The van der Waals surface area contributed by atoms with E-state index in [1.807, 2.05) is 12.1 Å². The summed E-state index contributed by atoms with van der Waals surface area (Å²) in [6.07, 6.45) is 4.51. The second-order valence-electron chi connectivity index (χ2n) is 2.60. The number of halogens is 1. The van der Waals surface area contributed by atoms with Gasteiger partial charge in [-0.25, -0.2) is 4.39 Å². The quantitative estimate of drug-likeness (QED) is 0.738. The van der Waals surface area contributed by atoms with Crippen molar-refractivity contribution in [2.45, 2.75) is 0 Å². The fraction of sp³-hybridized carbons (Fsp3) is 0. The van der Waals surface area contributed by atoms with E-state index < -0.39 is 0 Å². The molecule has 2 N–H and O–H groups in total. The maximum atomic E-state index is 12.7. The molecule has 0 saturated carbocycles. The van der Waals surface area contributed by atoms with Crippen LogP contribution >= 0.6 is 0 Å². The highest BCUT2D eigenvalue weighted by Crippen LogP contribution is 2.13. The van der Waals surface area contributed by atoms with Crippen LogP contribution in [0, 0.1) is 5.82 Å². The van der Waals surface area contributed by atoms with Crippen LogP contribution in [-0.2, 0) is 0 Å². The van der Waals surface area contributed by atoms with Gasteiger partial charge in [0.2, 0.25) is 0 Å². The van der Waals surface area contributed by atoms with E-state index in [1.165, 1.54) is 12.3 Å². The van der Waals surface area contributed by atoms with Crippen molar-refractivity contribution in [3.8, 4) is 0 Å². The van der Waals surface area contributed by atoms with Crippen molar-refractivity contribution in [1.29, 1.82) is 0 Å². The summed E-state index contributed by atoms with van der Waals surface area (Å²) in [6.45, 7) is 0. The number of nitrogens with one attached hydrogen (secondary N) is 2. The number of rotatable bonds is 2. The van der Waals surface area contributed by atoms with Gasteiger partial charge in [-0.15, -0.1) is 0 Å². The van der Waals surface area contributed by atoms with Gasteiger partial charge in [0.05, 0.1) is 18.1 Å². The van der Waals surface area contributed by atoms with Crippen LogP contribution in [0.25, 0.3) is 0 Å². The molecular formula is C9H8FN3. The van der Waals surface area contributed by atoms with E-state index in [4.69, 9.17) is 0 Å². The van der Waals surface area contributed by atoms with Crippen molar-refractivity contribution in [2.24, 2.45) is 0 Å². The molecule has 0 aliphatic carbocycles. The molecule has 2 aromatic rings. The molecule has 0 saturated heterocycles. The Bertz CT molecular complexity index is 384. The molecule has 0 unspecified atom stereocenters. The van der Waals surface area contributed by atoms with E-state index in [-0.39, 0.29) is 5.82 Å². The van der Waals surface area contributed by atoms with Gasteiger partial charge in [0.25, 0.3) is 0 Å². The molecule has 0 aliphatic heterocycles. The summed E-state index contributed by atoms with van der Waals surface area (Å²) in [4.78, 5) is 6.66. The van der Waals surface area contributed by atoms with Crippen LogP contribution in [-0.4, -0.2) is 9.97 Å². The summed E-state index contributed by atoms with van der Waals surface area (Å²) in [5.41, 5.74) is 0.627. The lowest BCUT2D eigenvalue weighted by Crippen LogP contribution is -1.91. The number of hydrogen-bond donors (Lipinski definition) is 2. The molecule has 0 bridgehead atoms. The third-order valence-corrected chi connectivity index (χ3v) is 1.58. The highest BCUT2D eigenvalue weighted by atomic mass is 19.1. The van der Waals surface area contributed by atoms with Crippen LogP contribution < -0.4 is 5.32 Å². The molecule has 0 atom stereocenters. The maximum Gasteiger partial charge on any atom is 0.143 e. The number of pyridine rings is 1. The molecule has 2 rings (SSSR count). The second kappa shape index (κ2) is 3.26. The second-order valence-corrected chi connectivity index (χ2v) is 2.60. The zero-order valence-corrected chi connectivity index (χ0v) is 6.79. The van der Waals surface area contributed by atoms with Gasteiger partial charge < -0.3 is 10.3 Å². The molecule has 0 amide bonds. The molecule has 2 heterocycles. The Kier molecular flexibility index (Phi) is 1.96. The van der Waals surface area contributed by atoms with Gasteiger partial charge >= 0.3 is 0 Å². The van der Waals surface area contributed by atoms with Crippen LogP contribution in [0.2, 0.25) is 0 Å². The number of aromatic nitrogens is 2. The summed E-state index contributed by atoms with van der Waals surface area (Å²) in [5.74, 6) is 0.462. The van der Waals surface area contributed by atoms with E-state index >= 15 is 0 Å². The third kappa shape index (κ3) is 1.84. The van der Waals surface area contributed by atoms with E-state index in [0.29, 0.717) is 5.69 Å². The Morgan fingerprint density at radius 1 is 1.38 bits per heavy atom. The Balaban J connectivity index is 2.19. The molecule has 2 aromatic heterocycles. The average Bonchev–Trinajstić information content (AvgIpc) is 2.57. The number of aromatic amines is 1. The van der Waals surface area contributed by atoms with Gasteiger partial charge in [-0.2, -0.15) is 0 Å². The first-order valence-corrected chi connectivity index (χ1v) is 3.85. The molecule has 0 aromatic carbocycles. The summed E-state index contributed by atoms with van der Waals surface area (Å²) >= 11 is 0. The number of anilines is 2. The molecule has 13 heavy (non-hydrogen) atoms. The fourth-order valence-electron chi connectivity index (χ4n) is 1.04. The predicted octanol–water partition coefficient (Wildman–Crippen LogP) is 2.29. The minimum Gasteiger partial charge on any atom is -0.348 e. The van der Waals surface area contributed by atoms with E-state index in [9.17, 15) is 4.39 Å². The predicted molar refractivity (Wildman–Crippen MR) is 48.3 cm³/mol. The molecule has 3 nitrogen and oxygen atoms in total. The first-order chi connectivity index (χ1) is 6.34. The molecule has 0 spiro atoms. The minimum absolute atomic E-state index is 0.350. The van der Waals surface area contributed by atoms with Crippen molar-refractivity contribution in [3.05, 3.63) is 42.6 Å². The average molecular weight is 177 g/mol. The van der Waals surface area contributed by atoms with E-state index in [0.717, 1.165) is 5.82 Å². The topological polar surface area (TPSA) is 40.7 Å². The van der Waals surface area contributed by atoms with Gasteiger partial charge in [0.15, 0.2) is 0 Å². The minimum atomic E-state index is -0.350. The molecule has 0 aliphatic rings. The molecule has 0 radical (unpaired) electrons. The van der Waals surface area contributed by atoms with Crippen LogP contribution in [0.5, 0.6) is 0 Å². The van der Waals surface area contributed by atoms with Crippen molar-refractivity contribution >= 4 is 11.5 Å². The lowest BCUT2D eigenvalue weighted by atomic mass is 10.4.